The Bertz CT molecular complexity index is 344. The second-order valence-corrected chi connectivity index (χ2v) is 5.72. The fourth-order valence-electron chi connectivity index (χ4n) is 2.14. The molecule has 0 aliphatic carbocycles. The van der Waals surface area contributed by atoms with Crippen LogP contribution in [0.2, 0.25) is 0 Å². The first-order valence-corrected chi connectivity index (χ1v) is 7.65. The molecule has 1 aliphatic rings. The summed E-state index contributed by atoms with van der Waals surface area (Å²) in [5.74, 6) is 0. The monoisotopic (exact) mass is 312 g/mol. The Hall–Kier alpha value is -0.380. The number of ether oxygens (including phenoxy) is 2. The minimum atomic E-state index is 0.125. The SMILES string of the molecule is CCCCc1ccc(C(Br)C2COCCO2)cc1. The number of unbranched alkanes of at least 4 members (excludes halogenated alkanes) is 1. The number of aryl methyl sites for hydroxylation is 1. The zero-order chi connectivity index (χ0) is 12.8. The fourth-order valence-corrected chi connectivity index (χ4v) is 2.75. The molecule has 1 fully saturated rings. The average molecular weight is 313 g/mol. The number of benzene rings is 1. The van der Waals surface area contributed by atoms with Crippen LogP contribution in [0.3, 0.4) is 0 Å². The zero-order valence-corrected chi connectivity index (χ0v) is 12.5. The van der Waals surface area contributed by atoms with Crippen molar-refractivity contribution in [3.8, 4) is 0 Å². The predicted octanol–water partition coefficient (Wildman–Crippen LogP) is 3.88. The Balaban J connectivity index is 1.95. The molecule has 3 heteroatoms. The first-order valence-electron chi connectivity index (χ1n) is 6.73. The molecule has 2 atom stereocenters. The van der Waals surface area contributed by atoms with E-state index in [4.69, 9.17) is 9.47 Å². The Kier molecular flexibility index (Phi) is 5.67. The molecule has 0 saturated carbocycles. The number of alkyl halides is 1. The van der Waals surface area contributed by atoms with E-state index in [1.165, 1.54) is 30.4 Å². The normalized spacial score (nSPS) is 21.8. The van der Waals surface area contributed by atoms with E-state index < -0.39 is 0 Å². The molecule has 2 unspecified atom stereocenters. The molecule has 18 heavy (non-hydrogen) atoms. The summed E-state index contributed by atoms with van der Waals surface area (Å²) >= 11 is 3.72. The van der Waals surface area contributed by atoms with E-state index in [0.29, 0.717) is 19.8 Å². The lowest BCUT2D eigenvalue weighted by atomic mass is 10.0. The summed E-state index contributed by atoms with van der Waals surface area (Å²) in [6.07, 6.45) is 3.81. The fraction of sp³-hybridized carbons (Fsp3) is 0.600. The van der Waals surface area contributed by atoms with Crippen LogP contribution in [0.5, 0.6) is 0 Å². The Morgan fingerprint density at radius 3 is 2.67 bits per heavy atom. The molecule has 0 aromatic heterocycles. The van der Waals surface area contributed by atoms with Crippen molar-refractivity contribution < 1.29 is 9.47 Å². The molecule has 0 amide bonds. The third-order valence-electron chi connectivity index (χ3n) is 3.29. The number of hydrogen-bond acceptors (Lipinski definition) is 2. The summed E-state index contributed by atoms with van der Waals surface area (Å²) in [6, 6.07) is 8.84. The van der Waals surface area contributed by atoms with Crippen molar-refractivity contribution in [3.63, 3.8) is 0 Å². The van der Waals surface area contributed by atoms with Crippen LogP contribution in [0.1, 0.15) is 35.7 Å². The average Bonchev–Trinajstić information content (AvgIpc) is 2.46. The van der Waals surface area contributed by atoms with Crippen LogP contribution in [0.15, 0.2) is 24.3 Å². The summed E-state index contributed by atoms with van der Waals surface area (Å²) in [7, 11) is 0. The van der Waals surface area contributed by atoms with Gasteiger partial charge in [-0.1, -0.05) is 53.5 Å². The van der Waals surface area contributed by atoms with Gasteiger partial charge in [0.15, 0.2) is 0 Å². The molecular weight excluding hydrogens is 292 g/mol. The van der Waals surface area contributed by atoms with Crippen LogP contribution >= 0.6 is 15.9 Å². The zero-order valence-electron chi connectivity index (χ0n) is 10.9. The van der Waals surface area contributed by atoms with Crippen LogP contribution in [0, 0.1) is 0 Å². The molecule has 0 N–H and O–H groups in total. The van der Waals surface area contributed by atoms with Gasteiger partial charge >= 0.3 is 0 Å². The lowest BCUT2D eigenvalue weighted by Gasteiger charge is -2.27. The smallest absolute Gasteiger partial charge is 0.0975 e. The van der Waals surface area contributed by atoms with Crippen molar-refractivity contribution in [1.29, 1.82) is 0 Å². The van der Waals surface area contributed by atoms with E-state index in [0.717, 1.165) is 0 Å². The van der Waals surface area contributed by atoms with Gasteiger partial charge in [-0.05, 0) is 24.0 Å². The van der Waals surface area contributed by atoms with Crippen molar-refractivity contribution in [1.82, 2.24) is 0 Å². The van der Waals surface area contributed by atoms with Crippen LogP contribution in [-0.4, -0.2) is 25.9 Å². The molecule has 2 rings (SSSR count). The third kappa shape index (κ3) is 3.81. The van der Waals surface area contributed by atoms with Gasteiger partial charge in [-0.3, -0.25) is 0 Å². The largest absolute Gasteiger partial charge is 0.376 e. The molecule has 1 heterocycles. The Morgan fingerprint density at radius 2 is 2.06 bits per heavy atom. The molecule has 0 radical (unpaired) electrons. The van der Waals surface area contributed by atoms with Gasteiger partial charge in [-0.2, -0.15) is 0 Å². The maximum absolute atomic E-state index is 5.72. The second kappa shape index (κ2) is 7.27. The van der Waals surface area contributed by atoms with E-state index >= 15 is 0 Å². The van der Waals surface area contributed by atoms with Crippen molar-refractivity contribution in [2.75, 3.05) is 19.8 Å². The Labute approximate surface area is 118 Å². The molecule has 1 aromatic rings. The molecule has 0 spiro atoms. The van der Waals surface area contributed by atoms with Crippen molar-refractivity contribution in [3.05, 3.63) is 35.4 Å². The number of hydrogen-bond donors (Lipinski definition) is 0. The molecule has 1 aromatic carbocycles. The standard InChI is InChI=1S/C15H21BrO2/c1-2-3-4-12-5-7-13(8-6-12)15(16)14-11-17-9-10-18-14/h5-8,14-15H,2-4,9-11H2,1H3. The highest BCUT2D eigenvalue weighted by molar-refractivity contribution is 9.09. The van der Waals surface area contributed by atoms with Gasteiger partial charge in [0.05, 0.1) is 30.8 Å². The van der Waals surface area contributed by atoms with Crippen molar-refractivity contribution >= 4 is 15.9 Å². The second-order valence-electron chi connectivity index (χ2n) is 4.73. The van der Waals surface area contributed by atoms with E-state index in [9.17, 15) is 0 Å². The third-order valence-corrected chi connectivity index (χ3v) is 4.40. The minimum Gasteiger partial charge on any atom is -0.376 e. The minimum absolute atomic E-state index is 0.125. The lowest BCUT2D eigenvalue weighted by molar-refractivity contribution is -0.0876. The summed E-state index contributed by atoms with van der Waals surface area (Å²) in [5, 5.41) is 0. The van der Waals surface area contributed by atoms with Crippen molar-refractivity contribution in [2.45, 2.75) is 37.1 Å². The van der Waals surface area contributed by atoms with Crippen molar-refractivity contribution in [2.24, 2.45) is 0 Å². The van der Waals surface area contributed by atoms with E-state index in [2.05, 4.69) is 47.1 Å². The number of halogens is 1. The lowest BCUT2D eigenvalue weighted by Crippen LogP contribution is -2.31. The van der Waals surface area contributed by atoms with Gasteiger partial charge in [0.2, 0.25) is 0 Å². The molecule has 100 valence electrons. The first kappa shape index (κ1) is 14.0. The number of rotatable bonds is 5. The maximum atomic E-state index is 5.72. The molecule has 1 aliphatic heterocycles. The van der Waals surface area contributed by atoms with E-state index in [-0.39, 0.29) is 10.9 Å². The van der Waals surface area contributed by atoms with Gasteiger partial charge in [-0.25, -0.2) is 0 Å². The van der Waals surface area contributed by atoms with Crippen LogP contribution in [-0.2, 0) is 15.9 Å². The van der Waals surface area contributed by atoms with Crippen LogP contribution in [0.25, 0.3) is 0 Å². The summed E-state index contributed by atoms with van der Waals surface area (Å²) in [6.45, 7) is 4.31. The van der Waals surface area contributed by atoms with Gasteiger partial charge in [0, 0.05) is 0 Å². The van der Waals surface area contributed by atoms with E-state index in [1.54, 1.807) is 0 Å². The molecule has 1 saturated heterocycles. The highest BCUT2D eigenvalue weighted by Crippen LogP contribution is 2.30. The van der Waals surface area contributed by atoms with Gasteiger partial charge in [0.25, 0.3) is 0 Å². The van der Waals surface area contributed by atoms with Crippen LogP contribution in [0.4, 0.5) is 0 Å². The van der Waals surface area contributed by atoms with Gasteiger partial charge < -0.3 is 9.47 Å². The summed E-state index contributed by atoms with van der Waals surface area (Å²) < 4.78 is 11.2. The first-order chi connectivity index (χ1) is 8.81. The molecule has 0 bridgehead atoms. The van der Waals surface area contributed by atoms with E-state index in [1.807, 2.05) is 0 Å². The quantitative estimate of drug-likeness (QED) is 0.768. The van der Waals surface area contributed by atoms with Crippen LogP contribution < -0.4 is 0 Å². The molecule has 2 nitrogen and oxygen atoms in total. The van der Waals surface area contributed by atoms with Gasteiger partial charge in [-0.15, -0.1) is 0 Å². The highest BCUT2D eigenvalue weighted by Gasteiger charge is 2.24. The Morgan fingerprint density at radius 1 is 1.28 bits per heavy atom. The predicted molar refractivity (Wildman–Crippen MR) is 77.3 cm³/mol. The summed E-state index contributed by atoms with van der Waals surface area (Å²) in [5.41, 5.74) is 2.69. The molecular formula is C15H21BrO2. The van der Waals surface area contributed by atoms with Gasteiger partial charge in [0.1, 0.15) is 0 Å². The highest BCUT2D eigenvalue weighted by atomic mass is 79.9. The topological polar surface area (TPSA) is 18.5 Å². The maximum Gasteiger partial charge on any atom is 0.0975 e. The summed E-state index contributed by atoms with van der Waals surface area (Å²) in [4.78, 5) is 0.220.